The van der Waals surface area contributed by atoms with E-state index in [0.717, 1.165) is 31.9 Å². The summed E-state index contributed by atoms with van der Waals surface area (Å²) in [5, 5.41) is 12.2. The summed E-state index contributed by atoms with van der Waals surface area (Å²) in [6, 6.07) is 4.97. The number of hydrogen-bond acceptors (Lipinski definition) is 5. The van der Waals surface area contributed by atoms with E-state index in [9.17, 15) is 4.79 Å². The Morgan fingerprint density at radius 1 is 1.42 bits per heavy atom. The quantitative estimate of drug-likeness (QED) is 0.709. The van der Waals surface area contributed by atoms with Gasteiger partial charge in [-0.3, -0.25) is 4.90 Å². The molecule has 6 heteroatoms. The molecule has 4 N–H and O–H groups in total. The van der Waals surface area contributed by atoms with E-state index < -0.39 is 5.97 Å². The van der Waals surface area contributed by atoms with Gasteiger partial charge in [-0.15, -0.1) is 0 Å². The van der Waals surface area contributed by atoms with Gasteiger partial charge in [0.2, 0.25) is 0 Å². The van der Waals surface area contributed by atoms with E-state index in [4.69, 9.17) is 10.8 Å². The van der Waals surface area contributed by atoms with Crippen molar-refractivity contribution in [3.05, 3.63) is 23.8 Å². The number of thioether (sulfide) groups is 1. The molecule has 1 aromatic rings. The number of anilines is 2. The van der Waals surface area contributed by atoms with Gasteiger partial charge >= 0.3 is 5.97 Å². The molecule has 2 rings (SSSR count). The van der Waals surface area contributed by atoms with E-state index in [-0.39, 0.29) is 5.56 Å². The fourth-order valence-electron chi connectivity index (χ4n) is 2.05. The van der Waals surface area contributed by atoms with Crippen LogP contribution in [0.5, 0.6) is 0 Å². The van der Waals surface area contributed by atoms with Gasteiger partial charge in [0.25, 0.3) is 0 Å². The predicted molar refractivity (Wildman–Crippen MR) is 80.1 cm³/mol. The summed E-state index contributed by atoms with van der Waals surface area (Å²) >= 11 is 2.00. The van der Waals surface area contributed by atoms with E-state index in [1.54, 1.807) is 12.1 Å². The number of nitrogens with two attached hydrogens (primary N) is 1. The second kappa shape index (κ2) is 6.68. The number of nitrogen functional groups attached to an aromatic ring is 1. The number of benzene rings is 1. The van der Waals surface area contributed by atoms with Crippen molar-refractivity contribution in [1.82, 2.24) is 4.90 Å². The van der Waals surface area contributed by atoms with Gasteiger partial charge in [0.1, 0.15) is 0 Å². The van der Waals surface area contributed by atoms with E-state index in [1.165, 1.54) is 17.6 Å². The molecule has 104 valence electrons. The van der Waals surface area contributed by atoms with Crippen molar-refractivity contribution in [2.24, 2.45) is 0 Å². The first-order chi connectivity index (χ1) is 9.16. The summed E-state index contributed by atoms with van der Waals surface area (Å²) < 4.78 is 0. The van der Waals surface area contributed by atoms with Gasteiger partial charge in [-0.2, -0.15) is 11.8 Å². The Kier molecular flexibility index (Phi) is 4.93. The molecule has 19 heavy (non-hydrogen) atoms. The zero-order chi connectivity index (χ0) is 13.7. The zero-order valence-corrected chi connectivity index (χ0v) is 11.6. The van der Waals surface area contributed by atoms with Crippen LogP contribution in [0, 0.1) is 0 Å². The van der Waals surface area contributed by atoms with E-state index in [0.29, 0.717) is 5.69 Å². The molecule has 0 atom stereocenters. The first-order valence-electron chi connectivity index (χ1n) is 6.33. The standard InChI is InChI=1S/C13H19N3O2S/c14-12-9-10(1-2-11(12)13(17)18)15-3-4-16-5-7-19-8-6-16/h1-2,9,15H,3-8,14H2,(H,17,18). The van der Waals surface area contributed by atoms with Crippen LogP contribution in [-0.2, 0) is 0 Å². The molecule has 1 fully saturated rings. The number of aromatic carboxylic acids is 1. The van der Waals surface area contributed by atoms with Crippen molar-refractivity contribution < 1.29 is 9.90 Å². The van der Waals surface area contributed by atoms with Gasteiger partial charge in [-0.25, -0.2) is 4.79 Å². The van der Waals surface area contributed by atoms with Crippen molar-refractivity contribution in [2.45, 2.75) is 0 Å². The Morgan fingerprint density at radius 3 is 2.79 bits per heavy atom. The van der Waals surface area contributed by atoms with Crippen LogP contribution in [0.2, 0.25) is 0 Å². The molecule has 0 unspecified atom stereocenters. The molecular weight excluding hydrogens is 262 g/mol. The molecule has 0 spiro atoms. The molecule has 1 heterocycles. The number of rotatable bonds is 5. The lowest BCUT2D eigenvalue weighted by atomic mass is 10.1. The summed E-state index contributed by atoms with van der Waals surface area (Å²) in [6.07, 6.45) is 0. The highest BCUT2D eigenvalue weighted by Gasteiger charge is 2.10. The van der Waals surface area contributed by atoms with Gasteiger partial charge in [0.05, 0.1) is 5.56 Å². The van der Waals surface area contributed by atoms with Crippen molar-refractivity contribution in [1.29, 1.82) is 0 Å². The van der Waals surface area contributed by atoms with E-state index in [1.807, 2.05) is 11.8 Å². The van der Waals surface area contributed by atoms with Gasteiger partial charge in [-0.1, -0.05) is 0 Å². The fourth-order valence-corrected chi connectivity index (χ4v) is 3.03. The molecule has 0 radical (unpaired) electrons. The summed E-state index contributed by atoms with van der Waals surface area (Å²) in [4.78, 5) is 13.3. The highest BCUT2D eigenvalue weighted by Crippen LogP contribution is 2.18. The number of hydrogen-bond donors (Lipinski definition) is 3. The molecule has 0 aromatic heterocycles. The second-order valence-corrected chi connectivity index (χ2v) is 5.71. The molecule has 5 nitrogen and oxygen atoms in total. The number of carbonyl (C=O) groups is 1. The lowest BCUT2D eigenvalue weighted by molar-refractivity contribution is 0.0698. The zero-order valence-electron chi connectivity index (χ0n) is 10.8. The van der Waals surface area contributed by atoms with Crippen molar-refractivity contribution in [3.8, 4) is 0 Å². The summed E-state index contributed by atoms with van der Waals surface area (Å²) in [5.74, 6) is 1.43. The largest absolute Gasteiger partial charge is 0.478 e. The van der Waals surface area contributed by atoms with Crippen molar-refractivity contribution in [3.63, 3.8) is 0 Å². The number of nitrogens with zero attached hydrogens (tertiary/aromatic N) is 1. The third-order valence-corrected chi connectivity index (χ3v) is 4.09. The molecule has 0 saturated carbocycles. The molecule has 0 amide bonds. The topological polar surface area (TPSA) is 78.6 Å². The molecule has 0 bridgehead atoms. The molecule has 1 saturated heterocycles. The fraction of sp³-hybridized carbons (Fsp3) is 0.462. The maximum Gasteiger partial charge on any atom is 0.337 e. The second-order valence-electron chi connectivity index (χ2n) is 4.49. The Labute approximate surface area is 117 Å². The average molecular weight is 281 g/mol. The lowest BCUT2D eigenvalue weighted by Gasteiger charge is -2.26. The third kappa shape index (κ3) is 4.04. The number of carboxylic acids is 1. The van der Waals surface area contributed by atoms with Crippen molar-refractivity contribution in [2.75, 3.05) is 48.7 Å². The van der Waals surface area contributed by atoms with Crippen LogP contribution in [0.3, 0.4) is 0 Å². The van der Waals surface area contributed by atoms with Gasteiger partial charge in [0.15, 0.2) is 0 Å². The average Bonchev–Trinajstić information content (AvgIpc) is 2.39. The number of nitrogens with one attached hydrogen (secondary N) is 1. The Morgan fingerprint density at radius 2 is 2.16 bits per heavy atom. The molecule has 0 aliphatic carbocycles. The SMILES string of the molecule is Nc1cc(NCCN2CCSCC2)ccc1C(=O)O. The van der Waals surface area contributed by atoms with E-state index in [2.05, 4.69) is 10.2 Å². The minimum atomic E-state index is -0.991. The van der Waals surface area contributed by atoms with Crippen LogP contribution < -0.4 is 11.1 Å². The Balaban J connectivity index is 1.82. The normalized spacial score (nSPS) is 16.2. The highest BCUT2D eigenvalue weighted by molar-refractivity contribution is 7.99. The smallest absolute Gasteiger partial charge is 0.337 e. The Hall–Kier alpha value is -1.40. The van der Waals surface area contributed by atoms with Gasteiger partial charge < -0.3 is 16.2 Å². The summed E-state index contributed by atoms with van der Waals surface area (Å²) in [5.41, 5.74) is 7.02. The molecule has 1 aliphatic heterocycles. The van der Waals surface area contributed by atoms with Gasteiger partial charge in [-0.05, 0) is 18.2 Å². The summed E-state index contributed by atoms with van der Waals surface area (Å²) in [6.45, 7) is 4.14. The lowest BCUT2D eigenvalue weighted by Crippen LogP contribution is -2.36. The molecule has 1 aliphatic rings. The Bertz CT molecular complexity index is 448. The molecular formula is C13H19N3O2S. The maximum absolute atomic E-state index is 10.8. The van der Waals surface area contributed by atoms with Crippen LogP contribution >= 0.6 is 11.8 Å². The van der Waals surface area contributed by atoms with Crippen LogP contribution in [0.15, 0.2) is 18.2 Å². The predicted octanol–water partition coefficient (Wildman–Crippen LogP) is 1.43. The minimum Gasteiger partial charge on any atom is -0.478 e. The molecule has 1 aromatic carbocycles. The van der Waals surface area contributed by atoms with Crippen LogP contribution in [0.1, 0.15) is 10.4 Å². The van der Waals surface area contributed by atoms with Crippen molar-refractivity contribution >= 4 is 29.1 Å². The van der Waals surface area contributed by atoms with E-state index >= 15 is 0 Å². The first-order valence-corrected chi connectivity index (χ1v) is 7.49. The minimum absolute atomic E-state index is 0.151. The van der Waals surface area contributed by atoms with Crippen LogP contribution in [-0.4, -0.2) is 53.7 Å². The van der Waals surface area contributed by atoms with Crippen LogP contribution in [0.4, 0.5) is 11.4 Å². The first kappa shape index (κ1) is 14.0. The maximum atomic E-state index is 10.8. The highest BCUT2D eigenvalue weighted by atomic mass is 32.2. The van der Waals surface area contributed by atoms with Crippen LogP contribution in [0.25, 0.3) is 0 Å². The third-order valence-electron chi connectivity index (χ3n) is 3.14. The van der Waals surface area contributed by atoms with Gasteiger partial charge in [0, 0.05) is 49.1 Å². The number of carboxylic acid groups (broad SMARTS) is 1. The monoisotopic (exact) mass is 281 g/mol. The summed E-state index contributed by atoms with van der Waals surface area (Å²) in [7, 11) is 0.